The van der Waals surface area contributed by atoms with Gasteiger partial charge in [-0.3, -0.25) is 4.79 Å². The van der Waals surface area contributed by atoms with Gasteiger partial charge in [-0.15, -0.1) is 24.8 Å². The lowest BCUT2D eigenvalue weighted by Crippen LogP contribution is -2.51. The third kappa shape index (κ3) is 5.10. The standard InChI is InChI=1S/C13H25N3O.2ClH/c1-9(11-6-14-7-11)13(17)15-8-12(16(2)3)10-4-5-10;;/h9-12,14H,4-8H2,1-3H3,(H,15,17);2*1H. The Bertz CT molecular complexity index is 279. The zero-order chi connectivity index (χ0) is 12.4. The van der Waals surface area contributed by atoms with Crippen molar-refractivity contribution in [3.05, 3.63) is 0 Å². The van der Waals surface area contributed by atoms with Crippen LogP contribution in [0.1, 0.15) is 19.8 Å². The highest BCUT2D eigenvalue weighted by Gasteiger charge is 2.34. The molecule has 6 heteroatoms. The minimum absolute atomic E-state index is 0. The molecule has 2 aliphatic rings. The predicted octanol–water partition coefficient (Wildman–Crippen LogP) is 1.14. The van der Waals surface area contributed by atoms with Crippen LogP contribution in [-0.2, 0) is 4.79 Å². The molecule has 2 rings (SSSR count). The molecule has 1 aliphatic carbocycles. The van der Waals surface area contributed by atoms with E-state index in [9.17, 15) is 4.79 Å². The Kier molecular flexibility index (Phi) is 8.29. The highest BCUT2D eigenvalue weighted by Crippen LogP contribution is 2.34. The van der Waals surface area contributed by atoms with E-state index >= 15 is 0 Å². The topological polar surface area (TPSA) is 44.4 Å². The van der Waals surface area contributed by atoms with Gasteiger partial charge in [-0.25, -0.2) is 0 Å². The van der Waals surface area contributed by atoms with Gasteiger partial charge in [0.15, 0.2) is 0 Å². The predicted molar refractivity (Wildman–Crippen MR) is 83.2 cm³/mol. The summed E-state index contributed by atoms with van der Waals surface area (Å²) in [7, 11) is 4.21. The maximum absolute atomic E-state index is 12.0. The fraction of sp³-hybridized carbons (Fsp3) is 0.923. The van der Waals surface area contributed by atoms with Crippen LogP contribution in [0, 0.1) is 17.8 Å². The van der Waals surface area contributed by atoms with Gasteiger partial charge in [0.25, 0.3) is 0 Å². The Labute approximate surface area is 128 Å². The first-order valence-electron chi connectivity index (χ1n) is 6.74. The SMILES string of the molecule is CC(C(=O)NCC(C1CC1)N(C)C)C1CNC1.Cl.Cl. The number of nitrogens with one attached hydrogen (secondary N) is 2. The smallest absolute Gasteiger partial charge is 0.223 e. The van der Waals surface area contributed by atoms with Gasteiger partial charge in [0, 0.05) is 18.5 Å². The molecule has 0 radical (unpaired) electrons. The van der Waals surface area contributed by atoms with E-state index in [2.05, 4.69) is 29.6 Å². The van der Waals surface area contributed by atoms with Crippen LogP contribution >= 0.6 is 24.8 Å². The normalized spacial score (nSPS) is 21.7. The zero-order valence-corrected chi connectivity index (χ0v) is 13.6. The van der Waals surface area contributed by atoms with Crippen LogP contribution in [0.3, 0.4) is 0 Å². The van der Waals surface area contributed by atoms with Crippen molar-refractivity contribution in [3.63, 3.8) is 0 Å². The summed E-state index contributed by atoms with van der Waals surface area (Å²) in [6, 6.07) is 0.519. The lowest BCUT2D eigenvalue weighted by atomic mass is 9.88. The molecule has 4 nitrogen and oxygen atoms in total. The fourth-order valence-electron chi connectivity index (χ4n) is 2.50. The van der Waals surface area contributed by atoms with E-state index in [0.717, 1.165) is 25.6 Å². The third-order valence-corrected chi connectivity index (χ3v) is 4.25. The van der Waals surface area contributed by atoms with Crippen molar-refractivity contribution in [1.29, 1.82) is 0 Å². The van der Waals surface area contributed by atoms with Crippen molar-refractivity contribution >= 4 is 30.7 Å². The number of halogens is 2. The summed E-state index contributed by atoms with van der Waals surface area (Å²) >= 11 is 0. The summed E-state index contributed by atoms with van der Waals surface area (Å²) in [5.74, 6) is 1.71. The lowest BCUT2D eigenvalue weighted by Gasteiger charge is -2.32. The van der Waals surface area contributed by atoms with E-state index in [1.807, 2.05) is 6.92 Å². The second-order valence-corrected chi connectivity index (χ2v) is 5.82. The molecule has 2 N–H and O–H groups in total. The molecule has 2 fully saturated rings. The number of likely N-dealkylation sites (N-methyl/N-ethyl adjacent to an activating group) is 1. The van der Waals surface area contributed by atoms with Crippen molar-refractivity contribution in [2.24, 2.45) is 17.8 Å². The highest BCUT2D eigenvalue weighted by molar-refractivity contribution is 5.85. The molecule has 114 valence electrons. The molecule has 0 aromatic heterocycles. The summed E-state index contributed by atoms with van der Waals surface area (Å²) in [5.41, 5.74) is 0. The Morgan fingerprint density at radius 3 is 2.21 bits per heavy atom. The third-order valence-electron chi connectivity index (χ3n) is 4.25. The minimum Gasteiger partial charge on any atom is -0.354 e. The lowest BCUT2D eigenvalue weighted by molar-refractivity contribution is -0.126. The summed E-state index contributed by atoms with van der Waals surface area (Å²) < 4.78 is 0. The average molecular weight is 312 g/mol. The molecule has 2 atom stereocenters. The van der Waals surface area contributed by atoms with Crippen molar-refractivity contribution < 1.29 is 4.79 Å². The number of hydrogen-bond donors (Lipinski definition) is 2. The maximum atomic E-state index is 12.0. The molecule has 19 heavy (non-hydrogen) atoms. The van der Waals surface area contributed by atoms with Crippen LogP contribution in [0.2, 0.25) is 0 Å². The first-order valence-corrected chi connectivity index (χ1v) is 6.74. The maximum Gasteiger partial charge on any atom is 0.223 e. The van der Waals surface area contributed by atoms with E-state index in [0.29, 0.717) is 12.0 Å². The number of carbonyl (C=O) groups is 1. The molecule has 0 aromatic rings. The molecular weight excluding hydrogens is 285 g/mol. The number of carbonyl (C=O) groups excluding carboxylic acids is 1. The zero-order valence-electron chi connectivity index (χ0n) is 12.0. The van der Waals surface area contributed by atoms with Crippen LogP contribution < -0.4 is 10.6 Å². The van der Waals surface area contributed by atoms with Crippen LogP contribution in [0.5, 0.6) is 0 Å². The van der Waals surface area contributed by atoms with E-state index < -0.39 is 0 Å². The van der Waals surface area contributed by atoms with Crippen LogP contribution in [0.25, 0.3) is 0 Å². The van der Waals surface area contributed by atoms with Gasteiger partial charge in [0.1, 0.15) is 0 Å². The quantitative estimate of drug-likeness (QED) is 0.773. The second-order valence-electron chi connectivity index (χ2n) is 5.82. The monoisotopic (exact) mass is 311 g/mol. The van der Waals surface area contributed by atoms with E-state index in [1.54, 1.807) is 0 Å². The number of amides is 1. The molecule has 0 bridgehead atoms. The van der Waals surface area contributed by atoms with Gasteiger partial charge in [0.2, 0.25) is 5.91 Å². The summed E-state index contributed by atoms with van der Waals surface area (Å²) in [4.78, 5) is 14.2. The van der Waals surface area contributed by atoms with Crippen molar-refractivity contribution in [2.45, 2.75) is 25.8 Å². The van der Waals surface area contributed by atoms with E-state index in [-0.39, 0.29) is 36.6 Å². The Hall–Kier alpha value is -0.0300. The van der Waals surface area contributed by atoms with Gasteiger partial charge < -0.3 is 15.5 Å². The molecule has 0 spiro atoms. The molecule has 1 saturated heterocycles. The molecule has 2 unspecified atom stereocenters. The first kappa shape index (κ1) is 19.0. The summed E-state index contributed by atoms with van der Waals surface area (Å²) in [5, 5.41) is 6.35. The summed E-state index contributed by atoms with van der Waals surface area (Å²) in [6.07, 6.45) is 2.64. The number of nitrogens with zero attached hydrogens (tertiary/aromatic N) is 1. The molecule has 0 aromatic carbocycles. The number of hydrogen-bond acceptors (Lipinski definition) is 3. The molecule has 1 saturated carbocycles. The fourth-order valence-corrected chi connectivity index (χ4v) is 2.50. The molecule has 1 heterocycles. The van der Waals surface area contributed by atoms with Gasteiger partial charge in [-0.1, -0.05) is 6.92 Å². The highest BCUT2D eigenvalue weighted by atomic mass is 35.5. The van der Waals surface area contributed by atoms with Gasteiger partial charge >= 0.3 is 0 Å². The van der Waals surface area contributed by atoms with Crippen LogP contribution in [0.15, 0.2) is 0 Å². The minimum atomic E-state index is 0. The average Bonchev–Trinajstić information content (AvgIpc) is 2.98. The van der Waals surface area contributed by atoms with Crippen molar-refractivity contribution in [1.82, 2.24) is 15.5 Å². The largest absolute Gasteiger partial charge is 0.354 e. The van der Waals surface area contributed by atoms with Crippen LogP contribution in [-0.4, -0.2) is 50.6 Å². The van der Waals surface area contributed by atoms with Gasteiger partial charge in [-0.2, -0.15) is 0 Å². The summed E-state index contributed by atoms with van der Waals surface area (Å²) in [6.45, 7) is 4.84. The Morgan fingerprint density at radius 2 is 1.84 bits per heavy atom. The van der Waals surface area contributed by atoms with Gasteiger partial charge in [-0.05, 0) is 51.9 Å². The second kappa shape index (κ2) is 8.30. The first-order chi connectivity index (χ1) is 8.09. The number of rotatable bonds is 6. The van der Waals surface area contributed by atoms with Gasteiger partial charge in [0.05, 0.1) is 0 Å². The van der Waals surface area contributed by atoms with E-state index in [1.165, 1.54) is 12.8 Å². The van der Waals surface area contributed by atoms with Crippen LogP contribution in [0.4, 0.5) is 0 Å². The van der Waals surface area contributed by atoms with Crippen molar-refractivity contribution in [3.8, 4) is 0 Å². The molecule has 1 amide bonds. The van der Waals surface area contributed by atoms with Crippen molar-refractivity contribution in [2.75, 3.05) is 33.7 Å². The molecular formula is C13H27Cl2N3O. The molecule has 1 aliphatic heterocycles. The Morgan fingerprint density at radius 1 is 1.26 bits per heavy atom. The van der Waals surface area contributed by atoms with E-state index in [4.69, 9.17) is 0 Å². The Balaban J connectivity index is 0.00000162.